The first kappa shape index (κ1) is 29.0. The fraction of sp³-hybridized carbons (Fsp3) is 0.382. The number of phenols is 1. The molecule has 2 aromatic heterocycles. The van der Waals surface area contributed by atoms with Crippen molar-refractivity contribution in [3.63, 3.8) is 0 Å². The second kappa shape index (κ2) is 10.8. The van der Waals surface area contributed by atoms with Crippen LogP contribution < -0.4 is 15.0 Å². The highest BCUT2D eigenvalue weighted by Gasteiger charge is 2.48. The minimum Gasteiger partial charge on any atom is -0.508 e. The van der Waals surface area contributed by atoms with Crippen LogP contribution in [0, 0.1) is 24.0 Å². The summed E-state index contributed by atoms with van der Waals surface area (Å²) in [4.78, 5) is 17.8. The molecule has 8 nitrogen and oxygen atoms in total. The minimum atomic E-state index is -1.65. The van der Waals surface area contributed by atoms with Crippen LogP contribution in [-0.4, -0.2) is 75.4 Å². The second-order valence-electron chi connectivity index (χ2n) is 12.8. The number of rotatable bonds is 5. The standard InChI is InChI=1S/C34H30F4N6O2/c1-2-23-26(35)7-4-18-10-22(45)11-24(27(18)23)29-28(36)30-25(13-39-29)32(43-15-20-5-6-21(16-43)40-20)42-33(41-30)46-17-34-8-3-9-44(34)14-19(12-34)31(37)38/h1,4,7,10-11,13,20-21,40,45H,3,5-6,8-9,12,14-17H2/t20?,21?,34-/m0/s1. The average Bonchev–Trinajstić information content (AvgIpc) is 3.71. The summed E-state index contributed by atoms with van der Waals surface area (Å²) in [5.41, 5.74) is -0.688. The van der Waals surface area contributed by atoms with E-state index in [9.17, 15) is 18.3 Å². The molecule has 12 heteroatoms. The molecule has 0 aliphatic carbocycles. The normalized spacial score (nSPS) is 24.2. The van der Waals surface area contributed by atoms with E-state index in [4.69, 9.17) is 16.1 Å². The number of hydrogen-bond donors (Lipinski definition) is 2. The van der Waals surface area contributed by atoms with Crippen molar-refractivity contribution in [2.75, 3.05) is 37.7 Å². The van der Waals surface area contributed by atoms with E-state index in [-0.39, 0.29) is 76.7 Å². The Morgan fingerprint density at radius 1 is 1.15 bits per heavy atom. The van der Waals surface area contributed by atoms with Crippen LogP contribution in [-0.2, 0) is 0 Å². The summed E-state index contributed by atoms with van der Waals surface area (Å²) in [6, 6.07) is 5.83. The zero-order valence-electron chi connectivity index (χ0n) is 24.8. The van der Waals surface area contributed by atoms with Crippen molar-refractivity contribution in [1.82, 2.24) is 25.2 Å². The van der Waals surface area contributed by atoms with E-state index < -0.39 is 23.3 Å². The maximum absolute atomic E-state index is 16.8. The van der Waals surface area contributed by atoms with E-state index in [0.717, 1.165) is 19.3 Å². The highest BCUT2D eigenvalue weighted by Crippen LogP contribution is 2.44. The number of hydrogen-bond acceptors (Lipinski definition) is 8. The van der Waals surface area contributed by atoms with E-state index in [1.807, 2.05) is 4.90 Å². The van der Waals surface area contributed by atoms with Crippen LogP contribution in [0.3, 0.4) is 0 Å². The number of fused-ring (bicyclic) bond motifs is 5. The number of terminal acetylenes is 1. The van der Waals surface area contributed by atoms with E-state index in [1.54, 1.807) is 0 Å². The molecule has 0 amide bonds. The maximum Gasteiger partial charge on any atom is 0.319 e. The molecule has 4 saturated heterocycles. The molecule has 4 aliphatic heterocycles. The van der Waals surface area contributed by atoms with Gasteiger partial charge in [0.15, 0.2) is 5.82 Å². The number of anilines is 1. The average molecular weight is 631 g/mol. The van der Waals surface area contributed by atoms with Gasteiger partial charge in [0, 0.05) is 54.4 Å². The Labute approximate surface area is 262 Å². The first-order chi connectivity index (χ1) is 22.2. The van der Waals surface area contributed by atoms with Gasteiger partial charge in [-0.25, -0.2) is 8.78 Å². The lowest BCUT2D eigenvalue weighted by Gasteiger charge is -2.34. The van der Waals surface area contributed by atoms with Gasteiger partial charge in [0.1, 0.15) is 35.2 Å². The van der Waals surface area contributed by atoms with Gasteiger partial charge in [-0.2, -0.15) is 18.7 Å². The van der Waals surface area contributed by atoms with Gasteiger partial charge in [-0.1, -0.05) is 12.0 Å². The number of aromatic nitrogens is 3. The van der Waals surface area contributed by atoms with Gasteiger partial charge < -0.3 is 20.1 Å². The van der Waals surface area contributed by atoms with Crippen molar-refractivity contribution in [2.24, 2.45) is 0 Å². The molecule has 0 saturated carbocycles. The number of piperazine rings is 1. The minimum absolute atomic E-state index is 0.0615. The molecule has 3 atom stereocenters. The molecule has 4 fully saturated rings. The van der Waals surface area contributed by atoms with E-state index in [0.29, 0.717) is 42.6 Å². The third-order valence-electron chi connectivity index (χ3n) is 10.0. The van der Waals surface area contributed by atoms with Crippen molar-refractivity contribution in [1.29, 1.82) is 0 Å². The summed E-state index contributed by atoms with van der Waals surface area (Å²) in [5, 5.41) is 15.1. The molecular formula is C34H30F4N6O2. The number of benzene rings is 2. The summed E-state index contributed by atoms with van der Waals surface area (Å²) in [6.07, 6.45) is 9.27. The molecule has 8 rings (SSSR count). The number of nitrogens with zero attached hydrogens (tertiary/aromatic N) is 5. The fourth-order valence-electron chi connectivity index (χ4n) is 7.90. The monoisotopic (exact) mass is 630 g/mol. The van der Waals surface area contributed by atoms with E-state index in [2.05, 4.69) is 26.1 Å². The van der Waals surface area contributed by atoms with Gasteiger partial charge in [-0.15, -0.1) is 6.42 Å². The Balaban J connectivity index is 1.26. The molecule has 2 bridgehead atoms. The Bertz CT molecular complexity index is 1980. The van der Waals surface area contributed by atoms with Crippen molar-refractivity contribution in [3.05, 3.63) is 59.3 Å². The highest BCUT2D eigenvalue weighted by atomic mass is 19.3. The third kappa shape index (κ3) is 4.63. The summed E-state index contributed by atoms with van der Waals surface area (Å²) in [7, 11) is 0. The van der Waals surface area contributed by atoms with Crippen molar-refractivity contribution >= 4 is 27.5 Å². The molecule has 0 spiro atoms. The predicted molar refractivity (Wildman–Crippen MR) is 165 cm³/mol. The third-order valence-corrected chi connectivity index (χ3v) is 10.0. The topological polar surface area (TPSA) is 86.6 Å². The van der Waals surface area contributed by atoms with E-state index in [1.165, 1.54) is 30.5 Å². The van der Waals surface area contributed by atoms with Crippen molar-refractivity contribution < 1.29 is 27.4 Å². The second-order valence-corrected chi connectivity index (χ2v) is 12.8. The van der Waals surface area contributed by atoms with Gasteiger partial charge >= 0.3 is 6.01 Å². The smallest absolute Gasteiger partial charge is 0.319 e. The summed E-state index contributed by atoms with van der Waals surface area (Å²) in [5.74, 6) is 1.18. The Kier molecular flexibility index (Phi) is 6.81. The lowest BCUT2D eigenvalue weighted by atomic mass is 9.94. The maximum atomic E-state index is 16.8. The molecular weight excluding hydrogens is 600 g/mol. The number of pyridine rings is 1. The number of aromatic hydroxyl groups is 1. The van der Waals surface area contributed by atoms with Gasteiger partial charge in [0.2, 0.25) is 0 Å². The van der Waals surface area contributed by atoms with Crippen LogP contribution >= 0.6 is 0 Å². The van der Waals surface area contributed by atoms with Crippen LogP contribution in [0.2, 0.25) is 0 Å². The van der Waals surface area contributed by atoms with Crippen LogP contribution in [0.25, 0.3) is 32.9 Å². The zero-order valence-corrected chi connectivity index (χ0v) is 24.8. The molecule has 4 aliphatic rings. The molecule has 2 unspecified atom stereocenters. The Morgan fingerprint density at radius 3 is 2.72 bits per heavy atom. The Hall–Kier alpha value is -4.47. The number of halogens is 4. The summed E-state index contributed by atoms with van der Waals surface area (Å²) >= 11 is 0. The largest absolute Gasteiger partial charge is 0.508 e. The first-order valence-electron chi connectivity index (χ1n) is 15.4. The van der Waals surface area contributed by atoms with Crippen LogP contribution in [0.5, 0.6) is 11.8 Å². The van der Waals surface area contributed by atoms with Crippen LogP contribution in [0.1, 0.15) is 37.7 Å². The van der Waals surface area contributed by atoms with Crippen molar-refractivity contribution in [2.45, 2.75) is 49.7 Å². The van der Waals surface area contributed by atoms with Gasteiger partial charge in [-0.05, 0) is 62.2 Å². The number of ether oxygens (including phenoxy) is 1. The van der Waals surface area contributed by atoms with E-state index >= 15 is 4.39 Å². The first-order valence-corrected chi connectivity index (χ1v) is 15.4. The van der Waals surface area contributed by atoms with Gasteiger partial charge in [-0.3, -0.25) is 9.88 Å². The SMILES string of the molecule is C#Cc1c(F)ccc2cc(O)cc(-c3ncc4c(N5CC6CCC(C5)N6)nc(OC[C@@]56CCCN5CC(=C(F)F)C6)nc4c3F)c12. The predicted octanol–water partition coefficient (Wildman–Crippen LogP) is 5.52. The molecule has 2 aromatic carbocycles. The summed E-state index contributed by atoms with van der Waals surface area (Å²) in [6.45, 7) is 2.25. The van der Waals surface area contributed by atoms with Crippen LogP contribution in [0.15, 0.2) is 42.1 Å². The molecule has 4 aromatic rings. The lowest BCUT2D eigenvalue weighted by molar-refractivity contribution is 0.108. The highest BCUT2D eigenvalue weighted by molar-refractivity contribution is 6.03. The lowest BCUT2D eigenvalue weighted by Crippen LogP contribution is -2.51. The molecule has 46 heavy (non-hydrogen) atoms. The molecule has 6 heterocycles. The zero-order chi connectivity index (χ0) is 31.7. The number of nitrogens with one attached hydrogen (secondary N) is 1. The Morgan fingerprint density at radius 2 is 1.96 bits per heavy atom. The summed E-state index contributed by atoms with van der Waals surface area (Å²) < 4.78 is 64.9. The van der Waals surface area contributed by atoms with Gasteiger partial charge in [0.05, 0.1) is 16.5 Å². The van der Waals surface area contributed by atoms with Crippen molar-refractivity contribution in [3.8, 4) is 35.4 Å². The quantitative estimate of drug-likeness (QED) is 0.220. The molecule has 2 N–H and O–H groups in total. The molecule has 0 radical (unpaired) electrons. The fourth-order valence-corrected chi connectivity index (χ4v) is 7.90. The van der Waals surface area contributed by atoms with Crippen LogP contribution in [0.4, 0.5) is 23.4 Å². The number of phenolic OH excluding ortho intramolecular Hbond substituents is 1. The molecule has 236 valence electrons. The van der Waals surface area contributed by atoms with Gasteiger partial charge in [0.25, 0.3) is 6.08 Å².